The lowest BCUT2D eigenvalue weighted by molar-refractivity contribution is 0.250. The van der Waals surface area contributed by atoms with E-state index < -0.39 is 0 Å². The average Bonchev–Trinajstić information content (AvgIpc) is 2.67. The van der Waals surface area contributed by atoms with Crippen LogP contribution in [-0.4, -0.2) is 0 Å². The number of rotatable bonds is 1. The molecule has 2 saturated carbocycles. The molecule has 0 aliphatic heterocycles. The van der Waals surface area contributed by atoms with Gasteiger partial charge in [-0.1, -0.05) is 33.1 Å². The molecule has 0 radical (unpaired) electrons. The van der Waals surface area contributed by atoms with E-state index in [0.29, 0.717) is 0 Å². The van der Waals surface area contributed by atoms with E-state index in [9.17, 15) is 0 Å². The highest BCUT2D eigenvalue weighted by Gasteiger charge is 2.40. The van der Waals surface area contributed by atoms with E-state index >= 15 is 0 Å². The average molecular weight is 152 g/mol. The smallest absolute Gasteiger partial charge is 0.0357 e. The fourth-order valence-corrected chi connectivity index (χ4v) is 2.88. The summed E-state index contributed by atoms with van der Waals surface area (Å²) in [5, 5.41) is 0. The quantitative estimate of drug-likeness (QED) is 0.539. The van der Waals surface area contributed by atoms with Gasteiger partial charge in [0.2, 0.25) is 0 Å². The molecule has 0 aromatic rings. The Morgan fingerprint density at radius 2 is 1.73 bits per heavy atom. The van der Waals surface area contributed by atoms with Crippen LogP contribution in [0.15, 0.2) is 0 Å². The highest BCUT2D eigenvalue weighted by molar-refractivity contribution is 4.90. The Morgan fingerprint density at radius 3 is 2.27 bits per heavy atom. The molecule has 2 aliphatic carbocycles. The SMILES string of the molecule is CC1CCCC(C2C[C@H]2C)C1. The van der Waals surface area contributed by atoms with Crippen molar-refractivity contribution in [2.75, 3.05) is 0 Å². The summed E-state index contributed by atoms with van der Waals surface area (Å²) < 4.78 is 0. The van der Waals surface area contributed by atoms with Crippen LogP contribution < -0.4 is 0 Å². The molecule has 0 nitrogen and oxygen atoms in total. The molecule has 0 heteroatoms. The molecule has 2 rings (SSSR count). The highest BCUT2D eigenvalue weighted by atomic mass is 14.5. The van der Waals surface area contributed by atoms with Crippen molar-refractivity contribution in [1.29, 1.82) is 0 Å². The van der Waals surface area contributed by atoms with E-state index in [0.717, 1.165) is 23.7 Å². The van der Waals surface area contributed by atoms with E-state index in [4.69, 9.17) is 0 Å². The third kappa shape index (κ3) is 1.60. The van der Waals surface area contributed by atoms with E-state index in [1.807, 2.05) is 0 Å². The second-order valence-electron chi connectivity index (χ2n) is 4.91. The monoisotopic (exact) mass is 152 g/mol. The van der Waals surface area contributed by atoms with Crippen LogP contribution in [0.3, 0.4) is 0 Å². The minimum absolute atomic E-state index is 1.03. The first-order valence-corrected chi connectivity index (χ1v) is 5.27. The van der Waals surface area contributed by atoms with Crippen LogP contribution >= 0.6 is 0 Å². The van der Waals surface area contributed by atoms with Gasteiger partial charge in [-0.3, -0.25) is 0 Å². The fraction of sp³-hybridized carbons (Fsp3) is 1.00. The van der Waals surface area contributed by atoms with Crippen LogP contribution in [0.25, 0.3) is 0 Å². The van der Waals surface area contributed by atoms with Crippen LogP contribution in [-0.2, 0) is 0 Å². The molecule has 0 amide bonds. The summed E-state index contributed by atoms with van der Waals surface area (Å²) in [4.78, 5) is 0. The molecular weight excluding hydrogens is 132 g/mol. The van der Waals surface area contributed by atoms with Crippen molar-refractivity contribution >= 4 is 0 Å². The van der Waals surface area contributed by atoms with E-state index in [2.05, 4.69) is 13.8 Å². The second-order valence-corrected chi connectivity index (χ2v) is 4.91. The third-order valence-corrected chi connectivity index (χ3v) is 3.75. The maximum absolute atomic E-state index is 2.43. The topological polar surface area (TPSA) is 0 Å². The molecule has 2 fully saturated rings. The predicted molar refractivity (Wildman–Crippen MR) is 48.4 cm³/mol. The Kier molecular flexibility index (Phi) is 1.95. The molecule has 0 aromatic heterocycles. The van der Waals surface area contributed by atoms with Gasteiger partial charge >= 0.3 is 0 Å². The summed E-state index contributed by atoms with van der Waals surface area (Å²) in [5.41, 5.74) is 0. The van der Waals surface area contributed by atoms with Gasteiger partial charge in [0.1, 0.15) is 0 Å². The van der Waals surface area contributed by atoms with Crippen LogP contribution in [0.5, 0.6) is 0 Å². The van der Waals surface area contributed by atoms with Gasteiger partial charge < -0.3 is 0 Å². The molecule has 3 unspecified atom stereocenters. The summed E-state index contributed by atoms with van der Waals surface area (Å²) in [6, 6.07) is 0. The molecule has 11 heavy (non-hydrogen) atoms. The van der Waals surface area contributed by atoms with Gasteiger partial charge in [-0.25, -0.2) is 0 Å². The lowest BCUT2D eigenvalue weighted by Crippen LogP contribution is -2.15. The van der Waals surface area contributed by atoms with Crippen LogP contribution in [0.2, 0.25) is 0 Å². The molecule has 0 heterocycles. The molecule has 4 atom stereocenters. The Labute approximate surface area is 70.4 Å². The zero-order valence-electron chi connectivity index (χ0n) is 7.84. The predicted octanol–water partition coefficient (Wildman–Crippen LogP) is 3.47. The van der Waals surface area contributed by atoms with Gasteiger partial charge in [0.05, 0.1) is 0 Å². The Balaban J connectivity index is 1.84. The normalized spacial score (nSPS) is 50.7. The molecule has 0 spiro atoms. The summed E-state index contributed by atoms with van der Waals surface area (Å²) >= 11 is 0. The van der Waals surface area contributed by atoms with Crippen LogP contribution in [0.1, 0.15) is 46.0 Å². The lowest BCUT2D eigenvalue weighted by atomic mass is 9.79. The van der Waals surface area contributed by atoms with Crippen molar-refractivity contribution in [1.82, 2.24) is 0 Å². The van der Waals surface area contributed by atoms with Crippen molar-refractivity contribution in [3.8, 4) is 0 Å². The zero-order valence-corrected chi connectivity index (χ0v) is 7.84. The van der Waals surface area contributed by atoms with Crippen molar-refractivity contribution in [2.45, 2.75) is 46.0 Å². The lowest BCUT2D eigenvalue weighted by Gasteiger charge is -2.26. The fourth-order valence-electron chi connectivity index (χ4n) is 2.88. The standard InChI is InChI=1S/C11H20/c1-8-4-3-5-10(6-8)11-7-9(11)2/h8-11H,3-7H2,1-2H3/t8?,9-,10?,11?/m1/s1. The van der Waals surface area contributed by atoms with Gasteiger partial charge in [-0.15, -0.1) is 0 Å². The minimum atomic E-state index is 1.03. The second kappa shape index (κ2) is 2.80. The van der Waals surface area contributed by atoms with Crippen molar-refractivity contribution in [3.05, 3.63) is 0 Å². The Morgan fingerprint density at radius 1 is 1.00 bits per heavy atom. The molecule has 0 N–H and O–H groups in total. The maximum atomic E-state index is 2.43. The van der Waals surface area contributed by atoms with Crippen LogP contribution in [0.4, 0.5) is 0 Å². The van der Waals surface area contributed by atoms with E-state index in [-0.39, 0.29) is 0 Å². The molecular formula is C11H20. The number of hydrogen-bond donors (Lipinski definition) is 0. The van der Waals surface area contributed by atoms with Gasteiger partial charge in [0.15, 0.2) is 0 Å². The van der Waals surface area contributed by atoms with Gasteiger partial charge in [-0.2, -0.15) is 0 Å². The first-order valence-electron chi connectivity index (χ1n) is 5.27. The van der Waals surface area contributed by atoms with Gasteiger partial charge in [0, 0.05) is 0 Å². The Bertz CT molecular complexity index is 139. The summed E-state index contributed by atoms with van der Waals surface area (Å²) in [6.45, 7) is 4.85. The molecule has 0 aromatic carbocycles. The Hall–Kier alpha value is 0. The first-order chi connectivity index (χ1) is 5.27. The molecule has 0 bridgehead atoms. The summed E-state index contributed by atoms with van der Waals surface area (Å²) in [6.07, 6.45) is 7.62. The minimum Gasteiger partial charge on any atom is -0.0625 e. The molecule has 64 valence electrons. The van der Waals surface area contributed by atoms with E-state index in [1.165, 1.54) is 25.7 Å². The molecule has 0 saturated heterocycles. The summed E-state index contributed by atoms with van der Waals surface area (Å²) in [7, 11) is 0. The van der Waals surface area contributed by atoms with Gasteiger partial charge in [0.25, 0.3) is 0 Å². The van der Waals surface area contributed by atoms with Crippen molar-refractivity contribution < 1.29 is 0 Å². The third-order valence-electron chi connectivity index (χ3n) is 3.75. The van der Waals surface area contributed by atoms with Gasteiger partial charge in [-0.05, 0) is 36.5 Å². The first kappa shape index (κ1) is 7.64. The zero-order chi connectivity index (χ0) is 7.84. The maximum Gasteiger partial charge on any atom is -0.0357 e. The highest BCUT2D eigenvalue weighted by Crippen LogP contribution is 2.49. The van der Waals surface area contributed by atoms with Crippen molar-refractivity contribution in [3.63, 3.8) is 0 Å². The van der Waals surface area contributed by atoms with E-state index in [1.54, 1.807) is 6.42 Å². The number of hydrogen-bond acceptors (Lipinski definition) is 0. The summed E-state index contributed by atoms with van der Waals surface area (Å²) in [5.74, 6) is 4.36. The largest absolute Gasteiger partial charge is 0.0625 e. The van der Waals surface area contributed by atoms with Crippen LogP contribution in [0, 0.1) is 23.7 Å². The molecule has 2 aliphatic rings. The van der Waals surface area contributed by atoms with Crippen molar-refractivity contribution in [2.24, 2.45) is 23.7 Å².